The maximum absolute atomic E-state index is 9.91. The Labute approximate surface area is 415 Å². The Morgan fingerprint density at radius 2 is 0.871 bits per heavy atom. The normalized spacial score (nSPS) is 11.5. The van der Waals surface area contributed by atoms with Crippen LogP contribution in [0.2, 0.25) is 10.0 Å². The molecule has 0 saturated carbocycles. The van der Waals surface area contributed by atoms with Crippen LogP contribution in [0.4, 0.5) is 0 Å². The van der Waals surface area contributed by atoms with Crippen molar-refractivity contribution >= 4 is 23.2 Å². The zero-order valence-corrected chi connectivity index (χ0v) is 40.1. The van der Waals surface area contributed by atoms with Crippen LogP contribution in [-0.4, -0.2) is 91.3 Å². The van der Waals surface area contributed by atoms with E-state index in [0.717, 1.165) is 33.4 Å². The zero-order chi connectivity index (χ0) is 50.3. The maximum Gasteiger partial charge on any atom is 0.142 e. The van der Waals surface area contributed by atoms with Gasteiger partial charge in [0.15, 0.2) is 0 Å². The van der Waals surface area contributed by atoms with Crippen molar-refractivity contribution in [3.05, 3.63) is 163 Å². The van der Waals surface area contributed by atoms with Gasteiger partial charge < -0.3 is 60.2 Å². The molecule has 0 aliphatic rings. The largest absolute Gasteiger partial charge is 0.488 e. The molecule has 0 radical (unpaired) electrons. The molecule has 0 aliphatic carbocycles. The number of aromatic nitrogens is 2. The molecule has 70 heavy (non-hydrogen) atoms. The second-order valence-corrected chi connectivity index (χ2v) is 17.5. The molecule has 2 aromatic heterocycles. The van der Waals surface area contributed by atoms with Crippen LogP contribution in [0.15, 0.2) is 97.6 Å². The molecule has 4 aromatic carbocycles. The minimum atomic E-state index is -1.36. The third-order valence-corrected chi connectivity index (χ3v) is 12.5. The zero-order valence-electron chi connectivity index (χ0n) is 38.6. The van der Waals surface area contributed by atoms with Crippen LogP contribution in [0.1, 0.15) is 55.6 Å². The number of nitrogens with zero attached hydrogens (tertiary/aromatic N) is 4. The van der Waals surface area contributed by atoms with Gasteiger partial charge in [0.05, 0.1) is 71.9 Å². The van der Waals surface area contributed by atoms with Crippen molar-refractivity contribution in [1.82, 2.24) is 20.6 Å². The minimum Gasteiger partial charge on any atom is -0.488 e. The van der Waals surface area contributed by atoms with E-state index in [9.17, 15) is 41.2 Å². The van der Waals surface area contributed by atoms with Crippen LogP contribution in [0.5, 0.6) is 23.0 Å². The number of hydrogen-bond acceptors (Lipinski definition) is 16. The molecular weight excluding hydrogens is 940 g/mol. The molecular formula is C52H54Cl2N6O10. The monoisotopic (exact) mass is 992 g/mol. The van der Waals surface area contributed by atoms with E-state index in [1.807, 2.05) is 50.2 Å². The van der Waals surface area contributed by atoms with Crippen molar-refractivity contribution < 1.29 is 49.6 Å². The first-order valence-electron chi connectivity index (χ1n) is 22.0. The Hall–Kier alpha value is -6.38. The average molecular weight is 994 g/mol. The summed E-state index contributed by atoms with van der Waals surface area (Å²) < 4.78 is 25.2. The van der Waals surface area contributed by atoms with E-state index >= 15 is 0 Å². The highest BCUT2D eigenvalue weighted by Crippen LogP contribution is 2.38. The van der Waals surface area contributed by atoms with Gasteiger partial charge in [0.2, 0.25) is 0 Å². The van der Waals surface area contributed by atoms with Gasteiger partial charge in [-0.3, -0.25) is 9.97 Å². The molecule has 0 amide bonds. The number of hydrogen-bond donors (Lipinski definition) is 8. The molecule has 0 saturated heterocycles. The topological polar surface area (TPSA) is 256 Å². The Morgan fingerprint density at radius 3 is 1.23 bits per heavy atom. The summed E-state index contributed by atoms with van der Waals surface area (Å²) >= 11 is 13.6. The molecule has 0 unspecified atom stereocenters. The molecule has 16 nitrogen and oxygen atoms in total. The van der Waals surface area contributed by atoms with Gasteiger partial charge in [-0.2, -0.15) is 10.5 Å². The van der Waals surface area contributed by atoms with E-state index in [0.29, 0.717) is 56.4 Å². The van der Waals surface area contributed by atoms with E-state index < -0.39 is 50.7 Å². The van der Waals surface area contributed by atoms with E-state index in [1.54, 1.807) is 48.8 Å². The van der Waals surface area contributed by atoms with Crippen LogP contribution in [0.3, 0.4) is 0 Å². The fraction of sp³-hybridized carbons (Fsp3) is 0.308. The first-order chi connectivity index (χ1) is 33.9. The molecule has 0 aliphatic heterocycles. The lowest BCUT2D eigenvalue weighted by Crippen LogP contribution is -2.54. The number of aliphatic hydroxyl groups is 6. The van der Waals surface area contributed by atoms with E-state index in [-0.39, 0.29) is 49.6 Å². The number of halogens is 2. The molecule has 0 spiro atoms. The summed E-state index contributed by atoms with van der Waals surface area (Å²) in [5.74, 6) is 1.41. The Bertz CT molecular complexity index is 2620. The van der Waals surface area contributed by atoms with Crippen molar-refractivity contribution in [2.45, 2.75) is 64.4 Å². The summed E-state index contributed by atoms with van der Waals surface area (Å²) in [6, 6.07) is 26.0. The molecule has 6 rings (SSSR count). The SMILES string of the molecule is Cc1c(COc2cc(OCc3cncc(C#N)c3)c(CNC(CO)(CO)CO)cc2Cl)cccc1-c1cccc(COc2cc(OCc3cncc(C#N)c3)c(CNC(CO)(CO)CO)cc2Cl)c1C. The molecule has 18 heteroatoms. The Balaban J connectivity index is 1.21. The summed E-state index contributed by atoms with van der Waals surface area (Å²) in [5.41, 5.74) is 6.09. The van der Waals surface area contributed by atoms with Gasteiger partial charge in [0.25, 0.3) is 0 Å². The van der Waals surface area contributed by atoms with Gasteiger partial charge >= 0.3 is 0 Å². The summed E-state index contributed by atoms with van der Waals surface area (Å²) in [7, 11) is 0. The fourth-order valence-corrected chi connectivity index (χ4v) is 7.75. The van der Waals surface area contributed by atoms with Crippen LogP contribution >= 0.6 is 23.2 Å². The number of benzene rings is 4. The smallest absolute Gasteiger partial charge is 0.142 e. The number of nitrogens with one attached hydrogen (secondary N) is 2. The van der Waals surface area contributed by atoms with Gasteiger partial charge in [-0.15, -0.1) is 0 Å². The molecule has 8 N–H and O–H groups in total. The predicted octanol–water partition coefficient (Wildman–Crippen LogP) is 5.74. The second kappa shape index (κ2) is 25.0. The first kappa shape index (κ1) is 53.0. The van der Waals surface area contributed by atoms with Crippen molar-refractivity contribution in [2.24, 2.45) is 0 Å². The Kier molecular flexibility index (Phi) is 18.9. The van der Waals surface area contributed by atoms with Crippen LogP contribution in [0, 0.1) is 36.5 Å². The molecule has 0 atom stereocenters. The number of pyridine rings is 2. The lowest BCUT2D eigenvalue weighted by Gasteiger charge is -2.29. The fourth-order valence-electron chi connectivity index (χ4n) is 7.27. The molecule has 0 fully saturated rings. The molecule has 2 heterocycles. The quantitative estimate of drug-likeness (QED) is 0.0340. The molecule has 366 valence electrons. The summed E-state index contributed by atoms with van der Waals surface area (Å²) in [5, 5.41) is 84.8. The number of ether oxygens (including phenoxy) is 4. The highest BCUT2D eigenvalue weighted by molar-refractivity contribution is 6.32. The number of rotatable bonds is 25. The predicted molar refractivity (Wildman–Crippen MR) is 261 cm³/mol. The van der Waals surface area contributed by atoms with Crippen molar-refractivity contribution in [3.8, 4) is 46.3 Å². The number of nitriles is 2. The Morgan fingerprint density at radius 1 is 0.500 bits per heavy atom. The van der Waals surface area contributed by atoms with Crippen molar-refractivity contribution in [2.75, 3.05) is 39.6 Å². The molecule has 6 aromatic rings. The molecule has 0 bridgehead atoms. The van der Waals surface area contributed by atoms with E-state index in [2.05, 4.69) is 32.7 Å². The van der Waals surface area contributed by atoms with Crippen molar-refractivity contribution in [3.63, 3.8) is 0 Å². The van der Waals surface area contributed by atoms with E-state index in [1.165, 1.54) is 12.4 Å². The highest BCUT2D eigenvalue weighted by atomic mass is 35.5. The van der Waals surface area contributed by atoms with Crippen molar-refractivity contribution in [1.29, 1.82) is 10.5 Å². The number of aliphatic hydroxyl groups excluding tert-OH is 6. The minimum absolute atomic E-state index is 0.0577. The van der Waals surface area contributed by atoms with E-state index in [4.69, 9.17) is 42.1 Å². The second-order valence-electron chi connectivity index (χ2n) is 16.7. The highest BCUT2D eigenvalue weighted by Gasteiger charge is 2.29. The maximum atomic E-state index is 9.91. The lowest BCUT2D eigenvalue weighted by atomic mass is 9.92. The summed E-state index contributed by atoms with van der Waals surface area (Å²) in [6.07, 6.45) is 6.08. The van der Waals surface area contributed by atoms with Crippen LogP contribution < -0.4 is 29.6 Å². The first-order valence-corrected chi connectivity index (χ1v) is 22.8. The van der Waals surface area contributed by atoms with Gasteiger partial charge in [-0.1, -0.05) is 59.6 Å². The standard InChI is InChI=1S/C52H54Cl2N6O10/c1-33-39(25-69-49-13-47(67-23-37-9-35(15-55)17-57-19-37)41(11-45(49)53)21-59-51(27-61,28-62)29-63)5-3-7-43(33)44-8-4-6-40(34(44)2)26-70-50-14-48(68-24-38-10-36(16-56)18-58-20-38)42(12-46(50)54)22-60-52(30-64,31-65)32-66/h3-14,17-20,59-66H,21-32H2,1-2H3. The van der Waals surface area contributed by atoms with Gasteiger partial charge in [-0.25, -0.2) is 0 Å². The summed E-state index contributed by atoms with van der Waals surface area (Å²) in [6.45, 7) is 1.40. The average Bonchev–Trinajstić information content (AvgIpc) is 3.39. The van der Waals surface area contributed by atoms with Crippen LogP contribution in [-0.2, 0) is 39.5 Å². The van der Waals surface area contributed by atoms with Gasteiger partial charge in [0, 0.05) is 72.3 Å². The third kappa shape index (κ3) is 13.1. The summed E-state index contributed by atoms with van der Waals surface area (Å²) in [4.78, 5) is 8.23. The van der Waals surface area contributed by atoms with Gasteiger partial charge in [0.1, 0.15) is 61.6 Å². The van der Waals surface area contributed by atoms with Gasteiger partial charge in [-0.05, 0) is 71.5 Å². The lowest BCUT2D eigenvalue weighted by molar-refractivity contribution is 0.0409. The van der Waals surface area contributed by atoms with Crippen LogP contribution in [0.25, 0.3) is 11.1 Å². The third-order valence-electron chi connectivity index (χ3n) is 11.9.